The molecule has 1 unspecified atom stereocenters. The lowest BCUT2D eigenvalue weighted by Crippen LogP contribution is -2.38. The number of ether oxygens (including phenoxy) is 1. The number of aryl methyl sites for hydroxylation is 1. The summed E-state index contributed by atoms with van der Waals surface area (Å²) in [4.78, 5) is 11.0. The predicted octanol–water partition coefficient (Wildman–Crippen LogP) is 4.24. The van der Waals surface area contributed by atoms with Gasteiger partial charge in [0.2, 0.25) is 0 Å². The second-order valence-electron chi connectivity index (χ2n) is 6.98. The normalized spacial score (nSPS) is 17.4. The van der Waals surface area contributed by atoms with Gasteiger partial charge in [-0.05, 0) is 42.3 Å². The van der Waals surface area contributed by atoms with Crippen LogP contribution in [0.25, 0.3) is 0 Å². The molecule has 3 heterocycles. The lowest BCUT2D eigenvalue weighted by Gasteiger charge is -2.33. The molecule has 5 nitrogen and oxygen atoms in total. The summed E-state index contributed by atoms with van der Waals surface area (Å²) >= 11 is 0. The Kier molecular flexibility index (Phi) is 5.60. The quantitative estimate of drug-likeness (QED) is 0.720. The maximum Gasteiger partial charge on any atom is 0.141 e. The van der Waals surface area contributed by atoms with Gasteiger partial charge in [0.1, 0.15) is 17.7 Å². The Morgan fingerprint density at radius 3 is 2.75 bits per heavy atom. The summed E-state index contributed by atoms with van der Waals surface area (Å²) in [5.41, 5.74) is 4.37. The topological polar surface area (TPSA) is 50.3 Å². The maximum absolute atomic E-state index is 13.0. The number of halogens is 1. The van der Waals surface area contributed by atoms with Crippen molar-refractivity contribution in [3.8, 4) is 0 Å². The second kappa shape index (κ2) is 8.46. The van der Waals surface area contributed by atoms with E-state index in [0.717, 1.165) is 31.0 Å². The Morgan fingerprint density at radius 1 is 1.11 bits per heavy atom. The van der Waals surface area contributed by atoms with Gasteiger partial charge in [-0.3, -0.25) is 9.88 Å². The highest BCUT2D eigenvalue weighted by atomic mass is 19.1. The van der Waals surface area contributed by atoms with Crippen LogP contribution in [0.15, 0.2) is 60.9 Å². The molecule has 0 bridgehead atoms. The minimum absolute atomic E-state index is 0.0456. The number of hydrogen-bond donors (Lipinski definition) is 1. The van der Waals surface area contributed by atoms with Crippen LogP contribution < -0.4 is 5.32 Å². The fourth-order valence-corrected chi connectivity index (χ4v) is 3.32. The molecule has 28 heavy (non-hydrogen) atoms. The van der Waals surface area contributed by atoms with Gasteiger partial charge in [0.05, 0.1) is 30.4 Å². The van der Waals surface area contributed by atoms with E-state index in [1.165, 1.54) is 23.4 Å². The largest absolute Gasteiger partial charge is 0.369 e. The Labute approximate surface area is 164 Å². The molecule has 144 valence electrons. The average Bonchev–Trinajstić information content (AvgIpc) is 2.72. The van der Waals surface area contributed by atoms with Crippen molar-refractivity contribution in [2.75, 3.05) is 25.0 Å². The first-order valence-electron chi connectivity index (χ1n) is 9.40. The van der Waals surface area contributed by atoms with Crippen molar-refractivity contribution in [3.05, 3.63) is 83.6 Å². The van der Waals surface area contributed by atoms with E-state index in [0.29, 0.717) is 12.4 Å². The van der Waals surface area contributed by atoms with Crippen molar-refractivity contribution in [1.82, 2.24) is 14.9 Å². The lowest BCUT2D eigenvalue weighted by atomic mass is 10.1. The number of rotatable bonds is 5. The van der Waals surface area contributed by atoms with Crippen LogP contribution in [0.5, 0.6) is 0 Å². The van der Waals surface area contributed by atoms with Crippen LogP contribution in [-0.4, -0.2) is 34.6 Å². The molecule has 1 saturated heterocycles. The van der Waals surface area contributed by atoms with Gasteiger partial charge in [0.25, 0.3) is 0 Å². The third-order valence-corrected chi connectivity index (χ3v) is 4.92. The van der Waals surface area contributed by atoms with Gasteiger partial charge in [-0.1, -0.05) is 24.3 Å². The van der Waals surface area contributed by atoms with E-state index in [-0.39, 0.29) is 11.9 Å². The van der Waals surface area contributed by atoms with Crippen LogP contribution in [0.3, 0.4) is 0 Å². The van der Waals surface area contributed by atoms with E-state index in [4.69, 9.17) is 4.74 Å². The predicted molar refractivity (Wildman–Crippen MR) is 107 cm³/mol. The zero-order chi connectivity index (χ0) is 19.3. The smallest absolute Gasteiger partial charge is 0.141 e. The number of morpholine rings is 1. The minimum atomic E-state index is -0.358. The van der Waals surface area contributed by atoms with Crippen molar-refractivity contribution >= 4 is 11.5 Å². The average molecular weight is 378 g/mol. The molecule has 1 fully saturated rings. The third kappa shape index (κ3) is 4.52. The third-order valence-electron chi connectivity index (χ3n) is 4.92. The van der Waals surface area contributed by atoms with Crippen LogP contribution in [0, 0.1) is 12.7 Å². The maximum atomic E-state index is 13.0. The highest BCUT2D eigenvalue weighted by Crippen LogP contribution is 2.24. The Balaban J connectivity index is 1.39. The number of anilines is 2. The summed E-state index contributed by atoms with van der Waals surface area (Å²) in [6.45, 7) is 5.49. The Morgan fingerprint density at radius 2 is 2.00 bits per heavy atom. The first-order valence-corrected chi connectivity index (χ1v) is 9.40. The first-order chi connectivity index (χ1) is 13.7. The van der Waals surface area contributed by atoms with Crippen molar-refractivity contribution in [3.63, 3.8) is 0 Å². The van der Waals surface area contributed by atoms with Crippen LogP contribution in [-0.2, 0) is 11.3 Å². The molecule has 6 heteroatoms. The monoisotopic (exact) mass is 378 g/mol. The molecule has 1 atom stereocenters. The van der Waals surface area contributed by atoms with Crippen molar-refractivity contribution < 1.29 is 9.13 Å². The molecular weight excluding hydrogens is 355 g/mol. The number of nitrogens with one attached hydrogen (secondary N) is 1. The van der Waals surface area contributed by atoms with Crippen LogP contribution in [0.2, 0.25) is 0 Å². The summed E-state index contributed by atoms with van der Waals surface area (Å²) in [5.74, 6) is 0.220. The van der Waals surface area contributed by atoms with E-state index >= 15 is 0 Å². The highest BCUT2D eigenvalue weighted by Gasteiger charge is 2.23. The number of pyridine rings is 2. The van der Waals surface area contributed by atoms with Gasteiger partial charge in [-0.25, -0.2) is 9.37 Å². The number of aromatic nitrogens is 2. The van der Waals surface area contributed by atoms with Crippen molar-refractivity contribution in [1.29, 1.82) is 0 Å². The first kappa shape index (κ1) is 18.5. The zero-order valence-electron chi connectivity index (χ0n) is 15.8. The van der Waals surface area contributed by atoms with Crippen LogP contribution in [0.1, 0.15) is 22.9 Å². The SMILES string of the molecule is Cc1ccccc1CN1CCOC(c2ccc(Nc3ccc(F)cn3)cn2)C1. The molecule has 0 saturated carbocycles. The van der Waals surface area contributed by atoms with E-state index < -0.39 is 0 Å². The lowest BCUT2D eigenvalue weighted by molar-refractivity contribution is -0.0350. The summed E-state index contributed by atoms with van der Waals surface area (Å²) in [5, 5.41) is 3.12. The van der Waals surface area contributed by atoms with Gasteiger partial charge in [-0.2, -0.15) is 0 Å². The molecule has 0 radical (unpaired) electrons. The summed E-state index contributed by atoms with van der Waals surface area (Å²) in [7, 11) is 0. The molecule has 4 rings (SSSR count). The van der Waals surface area contributed by atoms with Crippen molar-refractivity contribution in [2.45, 2.75) is 19.6 Å². The standard InChI is InChI=1S/C22H23FN4O/c1-16-4-2-3-5-17(16)14-27-10-11-28-21(15-27)20-8-7-19(13-24-20)26-22-9-6-18(23)12-25-22/h2-9,12-13,21H,10-11,14-15H2,1H3,(H,25,26). The Bertz CT molecular complexity index is 915. The molecule has 1 N–H and O–H groups in total. The number of hydrogen-bond acceptors (Lipinski definition) is 5. The molecule has 0 aliphatic carbocycles. The Hall–Kier alpha value is -2.83. The van der Waals surface area contributed by atoms with Gasteiger partial charge in [0, 0.05) is 19.6 Å². The molecule has 2 aromatic heterocycles. The molecule has 3 aromatic rings. The van der Waals surface area contributed by atoms with Gasteiger partial charge in [0.15, 0.2) is 0 Å². The van der Waals surface area contributed by atoms with E-state index in [1.54, 1.807) is 12.3 Å². The van der Waals surface area contributed by atoms with Crippen LogP contribution in [0.4, 0.5) is 15.9 Å². The summed E-state index contributed by atoms with van der Waals surface area (Å²) < 4.78 is 18.9. The van der Waals surface area contributed by atoms with Crippen LogP contribution >= 0.6 is 0 Å². The molecule has 1 aliphatic heterocycles. The minimum Gasteiger partial charge on any atom is -0.369 e. The molecular formula is C22H23FN4O. The summed E-state index contributed by atoms with van der Waals surface area (Å²) in [6.07, 6.45) is 2.89. The second-order valence-corrected chi connectivity index (χ2v) is 6.98. The number of nitrogens with zero attached hydrogens (tertiary/aromatic N) is 3. The molecule has 1 aromatic carbocycles. The van der Waals surface area contributed by atoms with Gasteiger partial charge >= 0.3 is 0 Å². The fraction of sp³-hybridized carbons (Fsp3) is 0.273. The zero-order valence-corrected chi connectivity index (χ0v) is 15.8. The van der Waals surface area contributed by atoms with E-state index in [2.05, 4.69) is 51.4 Å². The van der Waals surface area contributed by atoms with Crippen molar-refractivity contribution in [2.24, 2.45) is 0 Å². The van der Waals surface area contributed by atoms with E-state index in [9.17, 15) is 4.39 Å². The molecule has 0 amide bonds. The highest BCUT2D eigenvalue weighted by molar-refractivity contribution is 5.54. The van der Waals surface area contributed by atoms with Gasteiger partial charge in [-0.15, -0.1) is 0 Å². The van der Waals surface area contributed by atoms with Gasteiger partial charge < -0.3 is 10.1 Å². The van der Waals surface area contributed by atoms with E-state index in [1.807, 2.05) is 12.1 Å². The molecule has 1 aliphatic rings. The summed E-state index contributed by atoms with van der Waals surface area (Å²) in [6, 6.07) is 15.4. The number of benzene rings is 1. The molecule has 0 spiro atoms. The fourth-order valence-electron chi connectivity index (χ4n) is 3.32.